The lowest BCUT2D eigenvalue weighted by Crippen LogP contribution is -2.31. The minimum absolute atomic E-state index is 0.109. The topological polar surface area (TPSA) is 64.6 Å². The van der Waals surface area contributed by atoms with Crippen LogP contribution in [-0.2, 0) is 21.6 Å². The van der Waals surface area contributed by atoms with Crippen LogP contribution in [0.2, 0.25) is 0 Å². The first-order valence-electron chi connectivity index (χ1n) is 9.91. The molecule has 0 aliphatic heterocycles. The lowest BCUT2D eigenvalue weighted by Gasteiger charge is -2.19. The van der Waals surface area contributed by atoms with Crippen LogP contribution in [0.4, 0.5) is 0 Å². The monoisotopic (exact) mass is 397 g/mol. The van der Waals surface area contributed by atoms with Crippen molar-refractivity contribution in [3.63, 3.8) is 0 Å². The van der Waals surface area contributed by atoms with Crippen LogP contribution in [0.5, 0.6) is 5.75 Å². The maximum atomic E-state index is 12.1. The van der Waals surface area contributed by atoms with E-state index in [2.05, 4.69) is 38.2 Å². The minimum atomic E-state index is -0.519. The van der Waals surface area contributed by atoms with Crippen molar-refractivity contribution >= 4 is 11.9 Å². The molecular weight excluding hydrogens is 366 g/mol. The molecule has 1 amide bonds. The smallest absolute Gasteiger partial charge is 0.338 e. The number of amides is 1. The second-order valence-electron chi connectivity index (χ2n) is 8.53. The van der Waals surface area contributed by atoms with E-state index in [1.165, 1.54) is 5.56 Å². The van der Waals surface area contributed by atoms with Gasteiger partial charge in [-0.3, -0.25) is 4.79 Å². The number of ether oxygens (including phenoxy) is 2. The predicted octanol–water partition coefficient (Wildman–Crippen LogP) is 4.49. The molecule has 2 aromatic carbocycles. The zero-order chi connectivity index (χ0) is 21.4. The summed E-state index contributed by atoms with van der Waals surface area (Å²) in [6.45, 7) is 11.2. The van der Waals surface area contributed by atoms with Crippen LogP contribution < -0.4 is 10.1 Å². The highest BCUT2D eigenvalue weighted by molar-refractivity contribution is 5.91. The van der Waals surface area contributed by atoms with Gasteiger partial charge in [0.25, 0.3) is 5.91 Å². The maximum Gasteiger partial charge on any atom is 0.338 e. The van der Waals surface area contributed by atoms with Crippen molar-refractivity contribution < 1.29 is 19.1 Å². The summed E-state index contributed by atoms with van der Waals surface area (Å²) < 4.78 is 10.9. The molecule has 0 saturated carbocycles. The molecule has 0 aliphatic rings. The van der Waals surface area contributed by atoms with Crippen LogP contribution in [0.25, 0.3) is 0 Å². The Kier molecular flexibility index (Phi) is 7.82. The Morgan fingerprint density at radius 3 is 2.14 bits per heavy atom. The molecule has 156 valence electrons. The molecule has 29 heavy (non-hydrogen) atoms. The molecule has 0 aliphatic carbocycles. The van der Waals surface area contributed by atoms with E-state index in [9.17, 15) is 9.59 Å². The highest BCUT2D eigenvalue weighted by Crippen LogP contribution is 2.24. The molecule has 0 radical (unpaired) electrons. The summed E-state index contributed by atoms with van der Waals surface area (Å²) in [5.41, 5.74) is 2.71. The Balaban J connectivity index is 1.82. The number of hydrogen-bond acceptors (Lipinski definition) is 4. The van der Waals surface area contributed by atoms with E-state index < -0.39 is 5.97 Å². The number of rotatable bonds is 8. The molecule has 5 heteroatoms. The normalized spacial score (nSPS) is 11.2. The molecule has 0 unspecified atom stereocenters. The standard InChI is InChI=1S/C24H31NO4/c1-17(2)14-25-22(26)16-29-23(27)19-8-6-18(7-9-19)15-28-21-12-10-20(11-13-21)24(3,4)5/h6-13,17H,14-16H2,1-5H3,(H,25,26). The van der Waals surface area contributed by atoms with Crippen LogP contribution in [0.3, 0.4) is 0 Å². The zero-order valence-electron chi connectivity index (χ0n) is 18.0. The molecule has 5 nitrogen and oxygen atoms in total. The molecule has 2 aromatic rings. The van der Waals surface area contributed by atoms with Gasteiger partial charge in [0.15, 0.2) is 6.61 Å². The highest BCUT2D eigenvalue weighted by atomic mass is 16.5. The van der Waals surface area contributed by atoms with E-state index in [1.54, 1.807) is 12.1 Å². The van der Waals surface area contributed by atoms with Crippen LogP contribution >= 0.6 is 0 Å². The Hall–Kier alpha value is -2.82. The SMILES string of the molecule is CC(C)CNC(=O)COC(=O)c1ccc(COc2ccc(C(C)(C)C)cc2)cc1. The minimum Gasteiger partial charge on any atom is -0.489 e. The summed E-state index contributed by atoms with van der Waals surface area (Å²) in [5.74, 6) is 0.333. The Labute approximate surface area is 173 Å². The fourth-order valence-corrected chi connectivity index (χ4v) is 2.54. The summed E-state index contributed by atoms with van der Waals surface area (Å²) >= 11 is 0. The van der Waals surface area contributed by atoms with E-state index in [-0.39, 0.29) is 17.9 Å². The fourth-order valence-electron chi connectivity index (χ4n) is 2.54. The Morgan fingerprint density at radius 2 is 1.59 bits per heavy atom. The van der Waals surface area contributed by atoms with Crippen LogP contribution in [0, 0.1) is 5.92 Å². The first kappa shape index (κ1) is 22.5. The van der Waals surface area contributed by atoms with Crippen LogP contribution in [0.1, 0.15) is 56.1 Å². The van der Waals surface area contributed by atoms with Crippen molar-refractivity contribution in [1.82, 2.24) is 5.32 Å². The van der Waals surface area contributed by atoms with Gasteiger partial charge < -0.3 is 14.8 Å². The van der Waals surface area contributed by atoms with Crippen molar-refractivity contribution in [1.29, 1.82) is 0 Å². The highest BCUT2D eigenvalue weighted by Gasteiger charge is 2.13. The van der Waals surface area contributed by atoms with Gasteiger partial charge in [0.1, 0.15) is 12.4 Å². The van der Waals surface area contributed by atoms with E-state index in [1.807, 2.05) is 38.1 Å². The average Bonchev–Trinajstić information content (AvgIpc) is 2.69. The quantitative estimate of drug-likeness (QED) is 0.667. The second-order valence-corrected chi connectivity index (χ2v) is 8.53. The third-order valence-electron chi connectivity index (χ3n) is 4.36. The first-order chi connectivity index (χ1) is 13.6. The molecule has 0 aromatic heterocycles. The van der Waals surface area contributed by atoms with Gasteiger partial charge in [0, 0.05) is 6.54 Å². The lowest BCUT2D eigenvalue weighted by atomic mass is 9.87. The third kappa shape index (κ3) is 7.60. The Morgan fingerprint density at radius 1 is 0.966 bits per heavy atom. The van der Waals surface area contributed by atoms with Crippen molar-refractivity contribution in [2.24, 2.45) is 5.92 Å². The molecule has 0 spiro atoms. The fraction of sp³-hybridized carbons (Fsp3) is 0.417. The molecule has 1 N–H and O–H groups in total. The van der Waals surface area contributed by atoms with Crippen molar-refractivity contribution in [3.8, 4) is 5.75 Å². The predicted molar refractivity (Wildman–Crippen MR) is 114 cm³/mol. The van der Waals surface area contributed by atoms with Gasteiger partial charge in [-0.2, -0.15) is 0 Å². The molecule has 0 bridgehead atoms. The summed E-state index contributed by atoms with van der Waals surface area (Å²) in [6, 6.07) is 15.1. The van der Waals surface area contributed by atoms with Gasteiger partial charge in [-0.15, -0.1) is 0 Å². The van der Waals surface area contributed by atoms with Gasteiger partial charge in [-0.05, 0) is 46.7 Å². The number of carbonyl (C=O) groups excluding carboxylic acids is 2. The van der Waals surface area contributed by atoms with Gasteiger partial charge in [-0.1, -0.05) is 58.9 Å². The van der Waals surface area contributed by atoms with Crippen LogP contribution in [0.15, 0.2) is 48.5 Å². The molecule has 0 fully saturated rings. The van der Waals surface area contributed by atoms with Crippen molar-refractivity contribution in [2.75, 3.05) is 13.2 Å². The van der Waals surface area contributed by atoms with Gasteiger partial charge >= 0.3 is 5.97 Å². The lowest BCUT2D eigenvalue weighted by molar-refractivity contribution is -0.124. The number of benzene rings is 2. The zero-order valence-corrected chi connectivity index (χ0v) is 18.0. The van der Waals surface area contributed by atoms with Gasteiger partial charge in [-0.25, -0.2) is 4.79 Å². The number of esters is 1. The summed E-state index contributed by atoms with van der Waals surface area (Å²) in [5, 5.41) is 2.71. The summed E-state index contributed by atoms with van der Waals surface area (Å²) in [6.07, 6.45) is 0. The molecule has 0 saturated heterocycles. The Bertz CT molecular complexity index is 802. The van der Waals surface area contributed by atoms with Crippen molar-refractivity contribution in [3.05, 3.63) is 65.2 Å². The van der Waals surface area contributed by atoms with E-state index >= 15 is 0 Å². The number of hydrogen-bond donors (Lipinski definition) is 1. The molecule has 0 atom stereocenters. The first-order valence-corrected chi connectivity index (χ1v) is 9.91. The van der Waals surface area contributed by atoms with Gasteiger partial charge in [0.2, 0.25) is 0 Å². The molecular formula is C24H31NO4. The average molecular weight is 398 g/mol. The van der Waals surface area contributed by atoms with E-state index in [4.69, 9.17) is 9.47 Å². The van der Waals surface area contributed by atoms with E-state index in [0.29, 0.717) is 24.6 Å². The number of carbonyl (C=O) groups is 2. The second kappa shape index (κ2) is 10.1. The summed E-state index contributed by atoms with van der Waals surface area (Å²) in [7, 11) is 0. The largest absolute Gasteiger partial charge is 0.489 e. The maximum absolute atomic E-state index is 12.1. The molecule has 0 heterocycles. The molecule has 2 rings (SSSR count). The van der Waals surface area contributed by atoms with Gasteiger partial charge in [0.05, 0.1) is 5.56 Å². The van der Waals surface area contributed by atoms with Crippen molar-refractivity contribution in [2.45, 2.75) is 46.6 Å². The van der Waals surface area contributed by atoms with E-state index in [0.717, 1.165) is 11.3 Å². The summed E-state index contributed by atoms with van der Waals surface area (Å²) in [4.78, 5) is 23.7. The third-order valence-corrected chi connectivity index (χ3v) is 4.36. The van der Waals surface area contributed by atoms with Crippen LogP contribution in [-0.4, -0.2) is 25.0 Å². The number of nitrogens with one attached hydrogen (secondary N) is 1.